The number of cyclic esters (lactones) is 1. The summed E-state index contributed by atoms with van der Waals surface area (Å²) in [4.78, 5) is 11.3. The predicted octanol–water partition coefficient (Wildman–Crippen LogP) is 0.849. The summed E-state index contributed by atoms with van der Waals surface area (Å²) in [5.41, 5.74) is 5.71. The Balaban J connectivity index is 2.18. The molecule has 1 saturated heterocycles. The Labute approximate surface area is 97.5 Å². The molecular formula is C9H14N4O2S. The number of esters is 1. The van der Waals surface area contributed by atoms with Crippen LogP contribution >= 0.6 is 11.8 Å². The van der Waals surface area contributed by atoms with Gasteiger partial charge in [-0.3, -0.25) is 9.36 Å². The predicted molar refractivity (Wildman–Crippen MR) is 60.0 cm³/mol. The lowest BCUT2D eigenvalue weighted by Gasteiger charge is -2.12. The summed E-state index contributed by atoms with van der Waals surface area (Å²) in [5, 5.41) is 8.30. The second-order valence-electron chi connectivity index (χ2n) is 3.87. The van der Waals surface area contributed by atoms with Crippen LogP contribution in [0.3, 0.4) is 0 Å². The molecule has 16 heavy (non-hydrogen) atoms. The average molecular weight is 242 g/mol. The molecule has 2 rings (SSSR count). The van der Waals surface area contributed by atoms with Gasteiger partial charge in [-0.15, -0.1) is 10.2 Å². The molecule has 1 atom stereocenters. The molecular weight excluding hydrogens is 228 g/mol. The number of nitrogens with zero attached hydrogens (tertiary/aromatic N) is 3. The van der Waals surface area contributed by atoms with Gasteiger partial charge in [0.2, 0.25) is 5.95 Å². The summed E-state index contributed by atoms with van der Waals surface area (Å²) in [6.07, 6.45) is 0.717. The fourth-order valence-corrected chi connectivity index (χ4v) is 2.70. The van der Waals surface area contributed by atoms with Crippen LogP contribution in [0.25, 0.3) is 0 Å². The summed E-state index contributed by atoms with van der Waals surface area (Å²) in [6, 6.07) is 0.176. The molecule has 1 unspecified atom stereocenters. The molecule has 2 N–H and O–H groups in total. The van der Waals surface area contributed by atoms with E-state index in [-0.39, 0.29) is 17.3 Å². The number of ether oxygens (including phenoxy) is 1. The second kappa shape index (κ2) is 4.32. The first kappa shape index (κ1) is 11.3. The zero-order valence-corrected chi connectivity index (χ0v) is 10.0. The lowest BCUT2D eigenvalue weighted by atomic mass is 10.4. The Bertz CT molecular complexity index is 404. The third-order valence-corrected chi connectivity index (χ3v) is 3.54. The van der Waals surface area contributed by atoms with Crippen molar-refractivity contribution in [3.8, 4) is 0 Å². The third kappa shape index (κ3) is 1.99. The van der Waals surface area contributed by atoms with Crippen molar-refractivity contribution in [3.05, 3.63) is 0 Å². The van der Waals surface area contributed by atoms with Crippen LogP contribution in [-0.4, -0.2) is 32.6 Å². The Morgan fingerprint density at radius 3 is 2.88 bits per heavy atom. The van der Waals surface area contributed by atoms with Crippen molar-refractivity contribution in [2.45, 2.75) is 36.7 Å². The molecule has 0 spiro atoms. The molecule has 0 aliphatic carbocycles. The van der Waals surface area contributed by atoms with Crippen molar-refractivity contribution in [1.82, 2.24) is 14.8 Å². The minimum Gasteiger partial charge on any atom is -0.465 e. The van der Waals surface area contributed by atoms with Gasteiger partial charge in [0.05, 0.1) is 6.61 Å². The smallest absolute Gasteiger partial charge is 0.319 e. The van der Waals surface area contributed by atoms with E-state index in [9.17, 15) is 4.79 Å². The van der Waals surface area contributed by atoms with E-state index in [2.05, 4.69) is 10.2 Å². The normalized spacial score (nSPS) is 20.4. The highest BCUT2D eigenvalue weighted by atomic mass is 32.2. The zero-order valence-electron chi connectivity index (χ0n) is 9.21. The molecule has 7 heteroatoms. The van der Waals surface area contributed by atoms with Crippen LogP contribution in [0.4, 0.5) is 5.95 Å². The number of rotatable bonds is 3. The number of thioether (sulfide) groups is 1. The van der Waals surface area contributed by atoms with Gasteiger partial charge in [0.25, 0.3) is 0 Å². The fourth-order valence-electron chi connectivity index (χ4n) is 1.57. The van der Waals surface area contributed by atoms with Gasteiger partial charge in [0.15, 0.2) is 5.16 Å². The van der Waals surface area contributed by atoms with Crippen molar-refractivity contribution in [2.75, 3.05) is 12.3 Å². The van der Waals surface area contributed by atoms with Crippen molar-refractivity contribution in [2.24, 2.45) is 0 Å². The first-order valence-corrected chi connectivity index (χ1v) is 6.01. The van der Waals surface area contributed by atoms with Crippen LogP contribution < -0.4 is 5.73 Å². The van der Waals surface area contributed by atoms with Crippen LogP contribution in [0.5, 0.6) is 0 Å². The number of nitrogens with two attached hydrogens (primary N) is 1. The van der Waals surface area contributed by atoms with E-state index in [1.807, 2.05) is 18.4 Å². The van der Waals surface area contributed by atoms with E-state index in [0.29, 0.717) is 24.1 Å². The molecule has 1 aromatic heterocycles. The van der Waals surface area contributed by atoms with Gasteiger partial charge in [-0.1, -0.05) is 11.8 Å². The highest BCUT2D eigenvalue weighted by Crippen LogP contribution is 2.30. The second-order valence-corrected chi connectivity index (χ2v) is 5.04. The van der Waals surface area contributed by atoms with Gasteiger partial charge in [0.1, 0.15) is 5.25 Å². The Morgan fingerprint density at radius 1 is 1.56 bits per heavy atom. The Morgan fingerprint density at radius 2 is 2.31 bits per heavy atom. The molecule has 88 valence electrons. The van der Waals surface area contributed by atoms with Crippen molar-refractivity contribution >= 4 is 23.7 Å². The summed E-state index contributed by atoms with van der Waals surface area (Å²) in [6.45, 7) is 4.48. The molecule has 0 bridgehead atoms. The summed E-state index contributed by atoms with van der Waals surface area (Å²) in [5.74, 6) is 0.200. The molecule has 6 nitrogen and oxygen atoms in total. The molecule has 0 saturated carbocycles. The van der Waals surface area contributed by atoms with Gasteiger partial charge in [0, 0.05) is 12.5 Å². The molecule has 1 fully saturated rings. The third-order valence-electron chi connectivity index (χ3n) is 2.34. The lowest BCUT2D eigenvalue weighted by Crippen LogP contribution is -2.13. The van der Waals surface area contributed by atoms with Gasteiger partial charge in [-0.2, -0.15) is 0 Å². The van der Waals surface area contributed by atoms with E-state index < -0.39 is 0 Å². The maximum atomic E-state index is 11.3. The van der Waals surface area contributed by atoms with Crippen molar-refractivity contribution < 1.29 is 9.53 Å². The summed E-state index contributed by atoms with van der Waals surface area (Å²) in [7, 11) is 0. The minimum absolute atomic E-state index is 0.176. The van der Waals surface area contributed by atoms with Crippen LogP contribution in [-0.2, 0) is 9.53 Å². The maximum absolute atomic E-state index is 11.3. The topological polar surface area (TPSA) is 83.0 Å². The van der Waals surface area contributed by atoms with Crippen molar-refractivity contribution in [3.63, 3.8) is 0 Å². The summed E-state index contributed by atoms with van der Waals surface area (Å²) < 4.78 is 6.71. The standard InChI is InChI=1S/C9H14N4O2S/c1-5(2)13-8(10)11-12-9(13)16-6-3-4-15-7(6)14/h5-6H,3-4H2,1-2H3,(H2,10,11). The number of hydrogen-bond acceptors (Lipinski definition) is 6. The minimum atomic E-state index is -0.180. The highest BCUT2D eigenvalue weighted by molar-refractivity contribution is 8.00. The quantitative estimate of drug-likeness (QED) is 0.791. The zero-order chi connectivity index (χ0) is 11.7. The Hall–Kier alpha value is -1.24. The van der Waals surface area contributed by atoms with Gasteiger partial charge < -0.3 is 10.5 Å². The van der Waals surface area contributed by atoms with Crippen LogP contribution in [0, 0.1) is 0 Å². The van der Waals surface area contributed by atoms with Gasteiger partial charge in [-0.05, 0) is 13.8 Å². The molecule has 2 heterocycles. The van der Waals surface area contributed by atoms with E-state index in [0.717, 1.165) is 0 Å². The SMILES string of the molecule is CC(C)n1c(N)nnc1SC1CCOC1=O. The highest BCUT2D eigenvalue weighted by Gasteiger charge is 2.30. The van der Waals surface area contributed by atoms with Crippen LogP contribution in [0.2, 0.25) is 0 Å². The van der Waals surface area contributed by atoms with Gasteiger partial charge in [-0.25, -0.2) is 0 Å². The van der Waals surface area contributed by atoms with E-state index >= 15 is 0 Å². The largest absolute Gasteiger partial charge is 0.465 e. The van der Waals surface area contributed by atoms with Crippen molar-refractivity contribution in [1.29, 1.82) is 0 Å². The van der Waals surface area contributed by atoms with Crippen LogP contribution in [0.15, 0.2) is 5.16 Å². The average Bonchev–Trinajstić information content (AvgIpc) is 2.75. The summed E-state index contributed by atoms with van der Waals surface area (Å²) >= 11 is 1.37. The molecule has 0 radical (unpaired) electrons. The van der Waals surface area contributed by atoms with Gasteiger partial charge >= 0.3 is 5.97 Å². The lowest BCUT2D eigenvalue weighted by molar-refractivity contribution is -0.137. The van der Waals surface area contributed by atoms with E-state index in [1.165, 1.54) is 11.8 Å². The molecule has 0 aromatic carbocycles. The van der Waals surface area contributed by atoms with E-state index in [1.54, 1.807) is 0 Å². The molecule has 0 amide bonds. The first-order chi connectivity index (χ1) is 7.59. The first-order valence-electron chi connectivity index (χ1n) is 5.13. The number of carbonyl (C=O) groups excluding carboxylic acids is 1. The number of carbonyl (C=O) groups is 1. The molecule has 1 aliphatic heterocycles. The molecule has 1 aliphatic rings. The number of hydrogen-bond donors (Lipinski definition) is 1. The number of nitrogen functional groups attached to an aromatic ring is 1. The van der Waals surface area contributed by atoms with Crippen LogP contribution in [0.1, 0.15) is 26.3 Å². The fraction of sp³-hybridized carbons (Fsp3) is 0.667. The maximum Gasteiger partial charge on any atom is 0.319 e. The molecule has 1 aromatic rings. The Kier molecular flexibility index (Phi) is 3.04. The number of anilines is 1. The number of aromatic nitrogens is 3. The monoisotopic (exact) mass is 242 g/mol. The van der Waals surface area contributed by atoms with E-state index in [4.69, 9.17) is 10.5 Å².